The van der Waals surface area contributed by atoms with Crippen molar-refractivity contribution in [2.24, 2.45) is 0 Å². The van der Waals surface area contributed by atoms with Gasteiger partial charge in [-0.15, -0.1) is 0 Å². The molecule has 2 aromatic carbocycles. The van der Waals surface area contributed by atoms with Gasteiger partial charge in [-0.05, 0) is 48.6 Å². The molecule has 0 bridgehead atoms. The van der Waals surface area contributed by atoms with Crippen molar-refractivity contribution in [1.29, 1.82) is 0 Å². The lowest BCUT2D eigenvalue weighted by Crippen LogP contribution is -1.93. The number of aromatic nitrogens is 2. The van der Waals surface area contributed by atoms with E-state index in [1.807, 2.05) is 60.8 Å². The Kier molecular flexibility index (Phi) is 4.73. The van der Waals surface area contributed by atoms with Crippen LogP contribution in [0.2, 0.25) is 5.02 Å². The molecule has 5 heteroatoms. The van der Waals surface area contributed by atoms with Crippen molar-refractivity contribution < 1.29 is 9.21 Å². The zero-order valence-corrected chi connectivity index (χ0v) is 15.0. The third-order valence-electron chi connectivity index (χ3n) is 4.06. The molecule has 0 amide bonds. The predicted molar refractivity (Wildman–Crippen MR) is 106 cm³/mol. The fraction of sp³-hybridized carbons (Fsp3) is 0. The number of halogens is 1. The summed E-state index contributed by atoms with van der Waals surface area (Å²) in [4.78, 5) is 12.2. The topological polar surface area (TPSA) is 48.0 Å². The second-order valence-corrected chi connectivity index (χ2v) is 6.33. The summed E-state index contributed by atoms with van der Waals surface area (Å²) in [5, 5.41) is 5.37. The molecule has 0 unspecified atom stereocenters. The molecule has 0 radical (unpaired) electrons. The normalized spacial score (nSPS) is 11.1. The number of allylic oxidation sites excluding steroid dienone is 1. The van der Waals surface area contributed by atoms with Crippen LogP contribution in [0.25, 0.3) is 23.0 Å². The molecule has 0 saturated heterocycles. The molecule has 0 aliphatic rings. The summed E-state index contributed by atoms with van der Waals surface area (Å²) in [5.41, 5.74) is 3.43. The van der Waals surface area contributed by atoms with Gasteiger partial charge >= 0.3 is 0 Å². The van der Waals surface area contributed by atoms with Gasteiger partial charge in [0.1, 0.15) is 0 Å². The van der Waals surface area contributed by atoms with E-state index in [0.29, 0.717) is 10.8 Å². The van der Waals surface area contributed by atoms with E-state index in [2.05, 4.69) is 0 Å². The van der Waals surface area contributed by atoms with Crippen LogP contribution in [-0.4, -0.2) is 15.6 Å². The average Bonchev–Trinajstić information content (AvgIpc) is 3.38. The third-order valence-corrected chi connectivity index (χ3v) is 4.31. The standard InChI is InChI=1S/C22H15ClN2O2/c23-18-11-8-16(9-12-18)22-17(10-13-20(26)21-7-4-14-27-21)15-25(24-22)19-5-2-1-3-6-19/h1-15H. The molecule has 0 spiro atoms. The van der Waals surface area contributed by atoms with E-state index < -0.39 is 0 Å². The van der Waals surface area contributed by atoms with Crippen molar-refractivity contribution in [1.82, 2.24) is 9.78 Å². The highest BCUT2D eigenvalue weighted by Gasteiger charge is 2.12. The van der Waals surface area contributed by atoms with Gasteiger partial charge in [0, 0.05) is 22.3 Å². The van der Waals surface area contributed by atoms with E-state index >= 15 is 0 Å². The number of para-hydroxylation sites is 1. The highest BCUT2D eigenvalue weighted by molar-refractivity contribution is 6.30. The molecule has 4 aromatic rings. The third kappa shape index (κ3) is 3.76. The first-order chi connectivity index (χ1) is 13.2. The first-order valence-corrected chi connectivity index (χ1v) is 8.75. The van der Waals surface area contributed by atoms with Gasteiger partial charge in [0.25, 0.3) is 0 Å². The van der Waals surface area contributed by atoms with Crippen LogP contribution in [0.1, 0.15) is 16.1 Å². The van der Waals surface area contributed by atoms with Gasteiger partial charge in [-0.3, -0.25) is 4.79 Å². The van der Waals surface area contributed by atoms with Crippen LogP contribution >= 0.6 is 11.6 Å². The summed E-state index contributed by atoms with van der Waals surface area (Å²) < 4.78 is 6.94. The minimum absolute atomic E-state index is 0.200. The maximum atomic E-state index is 12.2. The number of benzene rings is 2. The molecule has 2 heterocycles. The van der Waals surface area contributed by atoms with Gasteiger partial charge in [-0.2, -0.15) is 5.10 Å². The van der Waals surface area contributed by atoms with Crippen molar-refractivity contribution in [3.63, 3.8) is 0 Å². The van der Waals surface area contributed by atoms with Crippen LogP contribution in [-0.2, 0) is 0 Å². The predicted octanol–water partition coefficient (Wildman–Crippen LogP) is 5.68. The van der Waals surface area contributed by atoms with Crippen LogP contribution in [0, 0.1) is 0 Å². The Morgan fingerprint density at radius 3 is 2.48 bits per heavy atom. The summed E-state index contributed by atoms with van der Waals surface area (Å²) in [7, 11) is 0. The van der Waals surface area contributed by atoms with Crippen LogP contribution in [0.15, 0.2) is 89.7 Å². The maximum Gasteiger partial charge on any atom is 0.221 e. The molecule has 2 aromatic heterocycles. The molecule has 0 aliphatic carbocycles. The highest BCUT2D eigenvalue weighted by Crippen LogP contribution is 2.26. The van der Waals surface area contributed by atoms with Gasteiger partial charge in [0.05, 0.1) is 17.6 Å². The summed E-state index contributed by atoms with van der Waals surface area (Å²) >= 11 is 6.01. The van der Waals surface area contributed by atoms with Crippen molar-refractivity contribution in [2.45, 2.75) is 0 Å². The molecule has 0 atom stereocenters. The molecular formula is C22H15ClN2O2. The first-order valence-electron chi connectivity index (χ1n) is 8.38. The van der Waals surface area contributed by atoms with E-state index in [-0.39, 0.29) is 5.78 Å². The van der Waals surface area contributed by atoms with Crippen LogP contribution in [0.3, 0.4) is 0 Å². The van der Waals surface area contributed by atoms with E-state index in [0.717, 1.165) is 22.5 Å². The van der Waals surface area contributed by atoms with E-state index in [1.165, 1.54) is 12.3 Å². The second kappa shape index (κ2) is 7.48. The molecule has 0 N–H and O–H groups in total. The highest BCUT2D eigenvalue weighted by atomic mass is 35.5. The number of ketones is 1. The van der Waals surface area contributed by atoms with Crippen molar-refractivity contribution in [3.05, 3.63) is 102 Å². The number of hydrogen-bond donors (Lipinski definition) is 0. The number of furan rings is 1. The first kappa shape index (κ1) is 17.1. The smallest absolute Gasteiger partial charge is 0.221 e. The quantitative estimate of drug-likeness (QED) is 0.333. The lowest BCUT2D eigenvalue weighted by molar-refractivity contribution is 0.102. The van der Waals surface area contributed by atoms with Gasteiger partial charge < -0.3 is 4.42 Å². The Morgan fingerprint density at radius 2 is 1.78 bits per heavy atom. The van der Waals surface area contributed by atoms with Crippen LogP contribution in [0.5, 0.6) is 0 Å². The largest absolute Gasteiger partial charge is 0.461 e. The van der Waals surface area contributed by atoms with Crippen molar-refractivity contribution in [3.8, 4) is 16.9 Å². The van der Waals surface area contributed by atoms with E-state index in [4.69, 9.17) is 21.1 Å². The van der Waals surface area contributed by atoms with Crippen LogP contribution < -0.4 is 0 Å². The van der Waals surface area contributed by atoms with Crippen LogP contribution in [0.4, 0.5) is 0 Å². The Morgan fingerprint density at radius 1 is 1.00 bits per heavy atom. The van der Waals surface area contributed by atoms with Crippen molar-refractivity contribution in [2.75, 3.05) is 0 Å². The Labute approximate surface area is 161 Å². The molecule has 27 heavy (non-hydrogen) atoms. The summed E-state index contributed by atoms with van der Waals surface area (Å²) in [6.45, 7) is 0. The number of carbonyl (C=O) groups excluding carboxylic acids is 1. The lowest BCUT2D eigenvalue weighted by Gasteiger charge is -2.00. The minimum atomic E-state index is -0.200. The zero-order valence-electron chi connectivity index (χ0n) is 14.2. The molecular weight excluding hydrogens is 360 g/mol. The van der Waals surface area contributed by atoms with E-state index in [1.54, 1.807) is 22.9 Å². The molecule has 4 nitrogen and oxygen atoms in total. The van der Waals surface area contributed by atoms with Gasteiger partial charge in [0.2, 0.25) is 5.78 Å². The molecule has 132 valence electrons. The van der Waals surface area contributed by atoms with Gasteiger partial charge in [-0.25, -0.2) is 4.68 Å². The maximum absolute atomic E-state index is 12.2. The fourth-order valence-electron chi connectivity index (χ4n) is 2.72. The SMILES string of the molecule is O=C(C=Cc1cn(-c2ccccc2)nc1-c1ccc(Cl)cc1)c1ccco1. The Bertz CT molecular complexity index is 1080. The Balaban J connectivity index is 1.75. The summed E-state index contributed by atoms with van der Waals surface area (Å²) in [6, 6.07) is 20.6. The molecule has 0 saturated carbocycles. The monoisotopic (exact) mass is 374 g/mol. The fourth-order valence-corrected chi connectivity index (χ4v) is 2.85. The number of hydrogen-bond acceptors (Lipinski definition) is 3. The number of rotatable bonds is 5. The second-order valence-electron chi connectivity index (χ2n) is 5.89. The Hall–Kier alpha value is -3.37. The van der Waals surface area contributed by atoms with Gasteiger partial charge in [-0.1, -0.05) is 41.9 Å². The summed E-state index contributed by atoms with van der Waals surface area (Å²) in [5.74, 6) is 0.101. The molecule has 0 fully saturated rings. The average molecular weight is 375 g/mol. The van der Waals surface area contributed by atoms with E-state index in [9.17, 15) is 4.79 Å². The summed E-state index contributed by atoms with van der Waals surface area (Å²) in [6.07, 6.45) is 6.62. The van der Waals surface area contributed by atoms with Crippen molar-refractivity contribution >= 4 is 23.5 Å². The number of carbonyl (C=O) groups is 1. The molecule has 4 rings (SSSR count). The lowest BCUT2D eigenvalue weighted by atomic mass is 10.1. The zero-order chi connectivity index (χ0) is 18.6. The minimum Gasteiger partial charge on any atom is -0.461 e. The number of nitrogens with zero attached hydrogens (tertiary/aromatic N) is 2. The van der Waals surface area contributed by atoms with Gasteiger partial charge in [0.15, 0.2) is 5.76 Å². The molecule has 0 aliphatic heterocycles.